The molecule has 2 N–H and O–H groups in total. The first-order valence-corrected chi connectivity index (χ1v) is 8.65. The van der Waals surface area contributed by atoms with E-state index in [4.69, 9.17) is 4.74 Å². The van der Waals surface area contributed by atoms with Gasteiger partial charge in [-0.2, -0.15) is 0 Å². The van der Waals surface area contributed by atoms with Crippen molar-refractivity contribution in [2.45, 2.75) is 33.7 Å². The Morgan fingerprint density at radius 2 is 1.79 bits per heavy atom. The quantitative estimate of drug-likeness (QED) is 0.250. The average Bonchev–Trinajstić information content (AvgIpc) is 2.58. The average molecular weight is 448 g/mol. The number of benzene rings is 1. The summed E-state index contributed by atoms with van der Waals surface area (Å²) < 4.78 is 5.68. The number of halogens is 1. The van der Waals surface area contributed by atoms with E-state index in [1.54, 1.807) is 0 Å². The highest BCUT2D eigenvalue weighted by molar-refractivity contribution is 14.0. The zero-order valence-electron chi connectivity index (χ0n) is 15.4. The lowest BCUT2D eigenvalue weighted by Crippen LogP contribution is -2.41. The third-order valence-electron chi connectivity index (χ3n) is 3.70. The molecule has 6 heteroatoms. The number of nitrogens with one attached hydrogen (secondary N) is 2. The Balaban J connectivity index is 0.00000529. The van der Waals surface area contributed by atoms with E-state index in [0.717, 1.165) is 44.4 Å². The topological polar surface area (TPSA) is 48.9 Å². The van der Waals surface area contributed by atoms with Gasteiger partial charge < -0.3 is 15.4 Å². The van der Waals surface area contributed by atoms with Crippen molar-refractivity contribution in [2.75, 3.05) is 39.3 Å². The number of hydrogen-bond donors (Lipinski definition) is 2. The highest BCUT2D eigenvalue weighted by Crippen LogP contribution is 2.07. The van der Waals surface area contributed by atoms with Crippen molar-refractivity contribution in [3.8, 4) is 5.75 Å². The van der Waals surface area contributed by atoms with Gasteiger partial charge in [0.1, 0.15) is 12.4 Å². The zero-order chi connectivity index (χ0) is 16.9. The van der Waals surface area contributed by atoms with Crippen molar-refractivity contribution in [1.29, 1.82) is 0 Å². The summed E-state index contributed by atoms with van der Waals surface area (Å²) in [6.45, 7) is 13.8. The van der Waals surface area contributed by atoms with Crippen molar-refractivity contribution >= 4 is 29.9 Å². The second-order valence-corrected chi connectivity index (χ2v) is 5.38. The number of hydrogen-bond acceptors (Lipinski definition) is 3. The summed E-state index contributed by atoms with van der Waals surface area (Å²) >= 11 is 0. The largest absolute Gasteiger partial charge is 0.492 e. The van der Waals surface area contributed by atoms with Crippen LogP contribution in [0.1, 0.15) is 27.7 Å². The van der Waals surface area contributed by atoms with Gasteiger partial charge in [0.25, 0.3) is 0 Å². The Morgan fingerprint density at radius 1 is 1.12 bits per heavy atom. The minimum atomic E-state index is 0. The first-order valence-electron chi connectivity index (χ1n) is 8.65. The maximum Gasteiger partial charge on any atom is 0.191 e. The van der Waals surface area contributed by atoms with Gasteiger partial charge in [0.15, 0.2) is 5.96 Å². The Kier molecular flexibility index (Phi) is 13.7. The van der Waals surface area contributed by atoms with E-state index in [1.807, 2.05) is 30.3 Å². The van der Waals surface area contributed by atoms with Crippen LogP contribution in [0.25, 0.3) is 0 Å². The molecule has 24 heavy (non-hydrogen) atoms. The molecule has 0 fully saturated rings. The minimum absolute atomic E-state index is 0. The molecule has 0 aliphatic carbocycles. The molecule has 0 heterocycles. The van der Waals surface area contributed by atoms with E-state index >= 15 is 0 Å². The molecule has 0 saturated carbocycles. The van der Waals surface area contributed by atoms with E-state index in [0.29, 0.717) is 12.6 Å². The number of guanidine groups is 1. The fourth-order valence-corrected chi connectivity index (χ4v) is 2.38. The fraction of sp³-hybridized carbons (Fsp3) is 0.611. The second kappa shape index (κ2) is 14.3. The SMILES string of the molecule is CCNC(=NCC(C)N(CC)CC)NCCOc1ccccc1.I. The van der Waals surface area contributed by atoms with Gasteiger partial charge in [0, 0.05) is 12.6 Å². The molecule has 0 spiro atoms. The van der Waals surface area contributed by atoms with Gasteiger partial charge in [-0.3, -0.25) is 9.89 Å². The van der Waals surface area contributed by atoms with Crippen molar-refractivity contribution in [1.82, 2.24) is 15.5 Å². The Morgan fingerprint density at radius 3 is 2.38 bits per heavy atom. The third-order valence-corrected chi connectivity index (χ3v) is 3.70. The maximum absolute atomic E-state index is 5.68. The molecule has 0 radical (unpaired) electrons. The Bertz CT molecular complexity index is 438. The van der Waals surface area contributed by atoms with Crippen LogP contribution in [-0.4, -0.2) is 56.2 Å². The van der Waals surface area contributed by atoms with Gasteiger partial charge in [-0.1, -0.05) is 32.0 Å². The number of para-hydroxylation sites is 1. The molecule has 138 valence electrons. The second-order valence-electron chi connectivity index (χ2n) is 5.38. The summed E-state index contributed by atoms with van der Waals surface area (Å²) in [5, 5.41) is 6.59. The molecule has 1 atom stereocenters. The number of nitrogens with zero attached hydrogens (tertiary/aromatic N) is 2. The van der Waals surface area contributed by atoms with E-state index < -0.39 is 0 Å². The smallest absolute Gasteiger partial charge is 0.191 e. The van der Waals surface area contributed by atoms with Crippen LogP contribution in [-0.2, 0) is 0 Å². The standard InChI is InChI=1S/C18H32N4O.HI/c1-5-19-18(21-15-16(4)22(6-2)7-3)20-13-14-23-17-11-9-8-10-12-17;/h8-12,16H,5-7,13-15H2,1-4H3,(H2,19,20,21);1H. The highest BCUT2D eigenvalue weighted by atomic mass is 127. The molecule has 0 saturated heterocycles. The van der Waals surface area contributed by atoms with Gasteiger partial charge in [0.05, 0.1) is 13.1 Å². The lowest BCUT2D eigenvalue weighted by molar-refractivity contribution is 0.237. The maximum atomic E-state index is 5.68. The van der Waals surface area contributed by atoms with Gasteiger partial charge in [-0.25, -0.2) is 0 Å². The van der Waals surface area contributed by atoms with E-state index in [9.17, 15) is 0 Å². The lowest BCUT2D eigenvalue weighted by atomic mass is 10.3. The highest BCUT2D eigenvalue weighted by Gasteiger charge is 2.09. The number of ether oxygens (including phenoxy) is 1. The zero-order valence-corrected chi connectivity index (χ0v) is 17.7. The van der Waals surface area contributed by atoms with Gasteiger partial charge in [-0.15, -0.1) is 24.0 Å². The van der Waals surface area contributed by atoms with Crippen LogP contribution in [0.2, 0.25) is 0 Å². The molecule has 0 bridgehead atoms. The summed E-state index contributed by atoms with van der Waals surface area (Å²) in [6.07, 6.45) is 0. The van der Waals surface area contributed by atoms with E-state index in [1.165, 1.54) is 0 Å². The number of likely N-dealkylation sites (N-methyl/N-ethyl adjacent to an activating group) is 1. The van der Waals surface area contributed by atoms with Gasteiger partial charge in [-0.05, 0) is 39.1 Å². The van der Waals surface area contributed by atoms with Crippen LogP contribution in [0.4, 0.5) is 0 Å². The van der Waals surface area contributed by atoms with Crippen LogP contribution in [0.3, 0.4) is 0 Å². The first-order chi connectivity index (χ1) is 11.2. The molecule has 1 aromatic carbocycles. The molecule has 1 unspecified atom stereocenters. The third kappa shape index (κ3) is 9.32. The Labute approximate surface area is 164 Å². The van der Waals surface area contributed by atoms with Crippen LogP contribution in [0, 0.1) is 0 Å². The Hall–Kier alpha value is -1.02. The molecule has 0 aliphatic rings. The van der Waals surface area contributed by atoms with Gasteiger partial charge in [0.2, 0.25) is 0 Å². The fourth-order valence-electron chi connectivity index (χ4n) is 2.38. The van der Waals surface area contributed by atoms with Crippen molar-refractivity contribution in [3.05, 3.63) is 30.3 Å². The molecule has 1 aromatic rings. The minimum Gasteiger partial charge on any atom is -0.492 e. The van der Waals surface area contributed by atoms with E-state index in [-0.39, 0.29) is 24.0 Å². The molecule has 1 rings (SSSR count). The predicted octanol–water partition coefficient (Wildman–Crippen LogP) is 2.97. The monoisotopic (exact) mass is 448 g/mol. The van der Waals surface area contributed by atoms with Crippen molar-refractivity contribution < 1.29 is 4.74 Å². The first kappa shape index (κ1) is 23.0. The van der Waals surface area contributed by atoms with Crippen molar-refractivity contribution in [2.24, 2.45) is 4.99 Å². The number of rotatable bonds is 10. The van der Waals surface area contributed by atoms with Crippen LogP contribution in [0.5, 0.6) is 5.75 Å². The summed E-state index contributed by atoms with van der Waals surface area (Å²) in [6, 6.07) is 10.3. The summed E-state index contributed by atoms with van der Waals surface area (Å²) in [4.78, 5) is 7.08. The summed E-state index contributed by atoms with van der Waals surface area (Å²) in [7, 11) is 0. The molecule has 0 aromatic heterocycles. The molecular formula is C18H33IN4O. The van der Waals surface area contributed by atoms with Crippen LogP contribution < -0.4 is 15.4 Å². The molecule has 0 amide bonds. The number of aliphatic imine (C=N–C) groups is 1. The van der Waals surface area contributed by atoms with E-state index in [2.05, 4.69) is 48.2 Å². The van der Waals surface area contributed by atoms with Crippen LogP contribution in [0.15, 0.2) is 35.3 Å². The molecular weight excluding hydrogens is 415 g/mol. The van der Waals surface area contributed by atoms with Crippen LogP contribution >= 0.6 is 24.0 Å². The summed E-state index contributed by atoms with van der Waals surface area (Å²) in [5.74, 6) is 1.74. The van der Waals surface area contributed by atoms with Crippen molar-refractivity contribution in [3.63, 3.8) is 0 Å². The summed E-state index contributed by atoms with van der Waals surface area (Å²) in [5.41, 5.74) is 0. The lowest BCUT2D eigenvalue weighted by Gasteiger charge is -2.25. The normalized spacial score (nSPS) is 12.5. The predicted molar refractivity (Wildman–Crippen MR) is 114 cm³/mol. The van der Waals surface area contributed by atoms with Gasteiger partial charge >= 0.3 is 0 Å². The molecule has 0 aliphatic heterocycles. The molecule has 5 nitrogen and oxygen atoms in total.